The number of ether oxygens (including phenoxy) is 1. The summed E-state index contributed by atoms with van der Waals surface area (Å²) >= 11 is 0. The molecule has 0 saturated carbocycles. The Bertz CT molecular complexity index is 536. The summed E-state index contributed by atoms with van der Waals surface area (Å²) in [5, 5.41) is 3.28. The molecule has 0 bridgehead atoms. The Morgan fingerprint density at radius 1 is 1.37 bits per heavy atom. The maximum Gasteiger partial charge on any atom is 0.123 e. The van der Waals surface area contributed by atoms with E-state index in [4.69, 9.17) is 4.74 Å². The molecule has 102 valence electrons. The predicted octanol–water partition coefficient (Wildman–Crippen LogP) is 1.75. The van der Waals surface area contributed by atoms with Crippen molar-refractivity contribution < 1.29 is 4.74 Å². The molecule has 0 amide bonds. The van der Waals surface area contributed by atoms with E-state index < -0.39 is 0 Å². The fourth-order valence-corrected chi connectivity index (χ4v) is 1.96. The van der Waals surface area contributed by atoms with E-state index in [0.717, 1.165) is 36.1 Å². The highest BCUT2D eigenvalue weighted by atomic mass is 16.5. The molecule has 0 aliphatic heterocycles. The van der Waals surface area contributed by atoms with Gasteiger partial charge in [-0.2, -0.15) is 0 Å². The quantitative estimate of drug-likeness (QED) is 0.859. The highest BCUT2D eigenvalue weighted by Crippen LogP contribution is 2.14. The summed E-state index contributed by atoms with van der Waals surface area (Å²) < 4.78 is 7.37. The number of pyridine rings is 1. The minimum Gasteiger partial charge on any atom is -0.497 e. The van der Waals surface area contributed by atoms with Crippen LogP contribution in [-0.4, -0.2) is 28.2 Å². The molecule has 0 aromatic carbocycles. The van der Waals surface area contributed by atoms with Crippen LogP contribution in [0.4, 0.5) is 0 Å². The summed E-state index contributed by atoms with van der Waals surface area (Å²) in [6, 6.07) is 3.89. The van der Waals surface area contributed by atoms with Crippen LogP contribution in [0.15, 0.2) is 24.5 Å². The zero-order valence-corrected chi connectivity index (χ0v) is 11.7. The fraction of sp³-hybridized carbons (Fsp3) is 0.429. The number of hydrogen-bond acceptors (Lipinski definition) is 4. The van der Waals surface area contributed by atoms with Crippen molar-refractivity contribution >= 4 is 0 Å². The number of nitrogens with zero attached hydrogens (tertiary/aromatic N) is 3. The van der Waals surface area contributed by atoms with Crippen molar-refractivity contribution in [3.05, 3.63) is 41.7 Å². The van der Waals surface area contributed by atoms with Gasteiger partial charge in [-0.05, 0) is 13.5 Å². The van der Waals surface area contributed by atoms with E-state index in [0.29, 0.717) is 6.54 Å². The Labute approximate surface area is 113 Å². The number of aryl methyl sites for hydroxylation is 1. The first-order chi connectivity index (χ1) is 9.22. The summed E-state index contributed by atoms with van der Waals surface area (Å²) in [5.41, 5.74) is 1.94. The van der Waals surface area contributed by atoms with Crippen molar-refractivity contribution in [3.8, 4) is 5.75 Å². The monoisotopic (exact) mass is 260 g/mol. The summed E-state index contributed by atoms with van der Waals surface area (Å²) in [6.07, 6.45) is 3.79. The average Bonchev–Trinajstić information content (AvgIpc) is 2.83. The normalized spacial score (nSPS) is 10.7. The molecule has 0 unspecified atom stereocenters. The highest BCUT2D eigenvalue weighted by molar-refractivity contribution is 5.26. The van der Waals surface area contributed by atoms with Gasteiger partial charge in [0, 0.05) is 30.2 Å². The van der Waals surface area contributed by atoms with Gasteiger partial charge in [-0.15, -0.1) is 0 Å². The van der Waals surface area contributed by atoms with Crippen LogP contribution in [0.2, 0.25) is 0 Å². The molecule has 1 N–H and O–H groups in total. The first-order valence-corrected chi connectivity index (χ1v) is 6.45. The van der Waals surface area contributed by atoms with Crippen molar-refractivity contribution in [2.24, 2.45) is 0 Å². The molecule has 2 rings (SSSR count). The minimum atomic E-state index is 0.707. The Balaban J connectivity index is 2.16. The van der Waals surface area contributed by atoms with Gasteiger partial charge in [0.1, 0.15) is 11.6 Å². The van der Waals surface area contributed by atoms with Crippen molar-refractivity contribution in [3.63, 3.8) is 0 Å². The van der Waals surface area contributed by atoms with Crippen LogP contribution in [0.3, 0.4) is 0 Å². The first kappa shape index (κ1) is 13.5. The number of nitrogens with one attached hydrogen (secondary N) is 1. The van der Waals surface area contributed by atoms with Gasteiger partial charge in [0.25, 0.3) is 0 Å². The third-order valence-corrected chi connectivity index (χ3v) is 2.88. The standard InChI is InChI=1S/C14H20N4O/c1-4-15-9-14-16-5-6-18(14)10-12-8-13(19-3)7-11(2)17-12/h5-8,15H,4,9-10H2,1-3H3. The SMILES string of the molecule is CCNCc1nccn1Cc1cc(OC)cc(C)n1. The number of imidazole rings is 1. The number of hydrogen-bond donors (Lipinski definition) is 1. The van der Waals surface area contributed by atoms with Crippen LogP contribution in [0.5, 0.6) is 5.75 Å². The Morgan fingerprint density at radius 3 is 2.95 bits per heavy atom. The van der Waals surface area contributed by atoms with Gasteiger partial charge >= 0.3 is 0 Å². The molecule has 0 spiro atoms. The molecule has 0 fully saturated rings. The molecule has 2 heterocycles. The van der Waals surface area contributed by atoms with E-state index in [1.807, 2.05) is 31.5 Å². The van der Waals surface area contributed by atoms with Crippen LogP contribution in [-0.2, 0) is 13.1 Å². The molecule has 0 saturated heterocycles. The zero-order valence-electron chi connectivity index (χ0n) is 11.7. The van der Waals surface area contributed by atoms with E-state index in [1.54, 1.807) is 7.11 Å². The molecule has 0 aliphatic rings. The van der Waals surface area contributed by atoms with Gasteiger partial charge in [-0.3, -0.25) is 4.98 Å². The van der Waals surface area contributed by atoms with Gasteiger partial charge in [-0.1, -0.05) is 6.92 Å². The van der Waals surface area contributed by atoms with Crippen molar-refractivity contribution in [2.45, 2.75) is 26.9 Å². The minimum absolute atomic E-state index is 0.707. The van der Waals surface area contributed by atoms with E-state index in [1.165, 1.54) is 0 Å². The molecule has 0 radical (unpaired) electrons. The van der Waals surface area contributed by atoms with Crippen LogP contribution in [0.1, 0.15) is 24.1 Å². The lowest BCUT2D eigenvalue weighted by Gasteiger charge is -2.10. The molecule has 2 aromatic heterocycles. The third-order valence-electron chi connectivity index (χ3n) is 2.88. The maximum atomic E-state index is 5.27. The summed E-state index contributed by atoms with van der Waals surface area (Å²) in [5.74, 6) is 1.86. The Kier molecular flexibility index (Phi) is 4.52. The number of aromatic nitrogens is 3. The summed E-state index contributed by atoms with van der Waals surface area (Å²) in [6.45, 7) is 6.47. The molecule has 19 heavy (non-hydrogen) atoms. The largest absolute Gasteiger partial charge is 0.497 e. The van der Waals surface area contributed by atoms with Crippen molar-refractivity contribution in [1.29, 1.82) is 0 Å². The number of rotatable bonds is 6. The lowest BCUT2D eigenvalue weighted by molar-refractivity contribution is 0.412. The van der Waals surface area contributed by atoms with Crippen molar-refractivity contribution in [2.75, 3.05) is 13.7 Å². The van der Waals surface area contributed by atoms with Crippen LogP contribution < -0.4 is 10.1 Å². The van der Waals surface area contributed by atoms with Crippen LogP contribution >= 0.6 is 0 Å². The molecule has 2 aromatic rings. The second-order valence-corrected chi connectivity index (χ2v) is 4.39. The molecule has 0 aliphatic carbocycles. The van der Waals surface area contributed by atoms with Gasteiger partial charge in [0.15, 0.2) is 0 Å². The smallest absolute Gasteiger partial charge is 0.123 e. The van der Waals surface area contributed by atoms with Gasteiger partial charge < -0.3 is 14.6 Å². The highest BCUT2D eigenvalue weighted by Gasteiger charge is 2.05. The van der Waals surface area contributed by atoms with Gasteiger partial charge in [-0.25, -0.2) is 4.98 Å². The molecular weight excluding hydrogens is 240 g/mol. The van der Waals surface area contributed by atoms with E-state index in [2.05, 4.69) is 26.8 Å². The average molecular weight is 260 g/mol. The van der Waals surface area contributed by atoms with Crippen molar-refractivity contribution in [1.82, 2.24) is 19.9 Å². The maximum absolute atomic E-state index is 5.27. The second kappa shape index (κ2) is 6.33. The lowest BCUT2D eigenvalue weighted by atomic mass is 10.3. The zero-order chi connectivity index (χ0) is 13.7. The second-order valence-electron chi connectivity index (χ2n) is 4.39. The molecule has 5 nitrogen and oxygen atoms in total. The first-order valence-electron chi connectivity index (χ1n) is 6.45. The predicted molar refractivity (Wildman–Crippen MR) is 74.2 cm³/mol. The Morgan fingerprint density at radius 2 is 2.21 bits per heavy atom. The van der Waals surface area contributed by atoms with E-state index in [9.17, 15) is 0 Å². The molecule has 0 atom stereocenters. The topological polar surface area (TPSA) is 52.0 Å². The Hall–Kier alpha value is -1.88. The summed E-state index contributed by atoms with van der Waals surface area (Å²) in [7, 11) is 1.67. The van der Waals surface area contributed by atoms with Gasteiger partial charge in [0.05, 0.1) is 25.9 Å². The van der Waals surface area contributed by atoms with Crippen LogP contribution in [0.25, 0.3) is 0 Å². The van der Waals surface area contributed by atoms with Crippen LogP contribution in [0, 0.1) is 6.92 Å². The lowest BCUT2D eigenvalue weighted by Crippen LogP contribution is -2.17. The van der Waals surface area contributed by atoms with E-state index in [-0.39, 0.29) is 0 Å². The van der Waals surface area contributed by atoms with E-state index >= 15 is 0 Å². The fourth-order valence-electron chi connectivity index (χ4n) is 1.96. The molecule has 5 heteroatoms. The summed E-state index contributed by atoms with van der Waals surface area (Å²) in [4.78, 5) is 8.89. The number of methoxy groups -OCH3 is 1. The third kappa shape index (κ3) is 3.54. The molecular formula is C14H20N4O. The van der Waals surface area contributed by atoms with Gasteiger partial charge in [0.2, 0.25) is 0 Å².